The van der Waals surface area contributed by atoms with Crippen LogP contribution < -0.4 is 0 Å². The molecule has 0 spiro atoms. The van der Waals surface area contributed by atoms with Crippen molar-refractivity contribution >= 4 is 65.0 Å². The highest BCUT2D eigenvalue weighted by atomic mass is 32.1. The van der Waals surface area contributed by atoms with Crippen LogP contribution in [0.4, 0.5) is 0 Å². The number of rotatable bonds is 2. The second kappa shape index (κ2) is 8.16. The predicted octanol–water partition coefficient (Wildman–Crippen LogP) is 11.5. The van der Waals surface area contributed by atoms with Gasteiger partial charge < -0.3 is 4.42 Å². The second-order valence-electron chi connectivity index (χ2n) is 11.1. The molecule has 0 amide bonds. The summed E-state index contributed by atoms with van der Waals surface area (Å²) in [5.74, 6) is 0. The van der Waals surface area contributed by atoms with Gasteiger partial charge in [-0.05, 0) is 57.0 Å². The van der Waals surface area contributed by atoms with E-state index in [4.69, 9.17) is 9.40 Å². The topological polar surface area (TPSA) is 26.0 Å². The molecule has 2 aromatic heterocycles. The van der Waals surface area contributed by atoms with Gasteiger partial charge in [0.25, 0.3) is 0 Å². The maximum absolute atomic E-state index is 6.62. The van der Waals surface area contributed by atoms with Gasteiger partial charge in [0.15, 0.2) is 0 Å². The van der Waals surface area contributed by atoms with E-state index in [1.807, 2.05) is 0 Å². The van der Waals surface area contributed by atoms with E-state index < -0.39 is 0 Å². The van der Waals surface area contributed by atoms with Gasteiger partial charge in [0.2, 0.25) is 0 Å². The molecule has 7 aromatic carbocycles. The Morgan fingerprint density at radius 2 is 1.21 bits per heavy atom. The molecule has 194 valence electrons. The minimum Gasteiger partial charge on any atom is -0.455 e. The first-order chi connectivity index (χ1) is 20.8. The fourth-order valence-corrected chi connectivity index (χ4v) is 7.95. The standard InChI is InChI=1S/C39H21NOS/c1-2-8-26-22(7-1)19-20-34-37(26)40-39(42-34)24-17-15-23(16-18-24)25-11-6-14-33-36(25)32-21-31-28-10-4-3-9-27(28)29-12-5-13-30(35(29)31)38(32)41-33/h1-21H. The van der Waals surface area contributed by atoms with Crippen LogP contribution in [0.1, 0.15) is 0 Å². The van der Waals surface area contributed by atoms with Crippen LogP contribution in [0.3, 0.4) is 0 Å². The van der Waals surface area contributed by atoms with Crippen LogP contribution in [-0.4, -0.2) is 4.98 Å². The zero-order chi connectivity index (χ0) is 27.4. The van der Waals surface area contributed by atoms with Crippen LogP contribution in [0.25, 0.3) is 97.7 Å². The third-order valence-electron chi connectivity index (χ3n) is 8.85. The van der Waals surface area contributed by atoms with Gasteiger partial charge >= 0.3 is 0 Å². The Hall–Kier alpha value is -5.25. The predicted molar refractivity (Wildman–Crippen MR) is 177 cm³/mol. The molecule has 0 N–H and O–H groups in total. The molecule has 0 unspecified atom stereocenters. The quantitative estimate of drug-likeness (QED) is 0.214. The Bertz CT molecular complexity index is 2570. The molecule has 0 saturated carbocycles. The van der Waals surface area contributed by atoms with Crippen molar-refractivity contribution in [3.05, 3.63) is 127 Å². The SMILES string of the molecule is c1ccc2c(c1)-c1cccc3c1c-2cc1c3oc2cccc(-c3ccc(-c4nc5c(ccc6ccccc65)s4)cc3)c21. The zero-order valence-electron chi connectivity index (χ0n) is 22.4. The summed E-state index contributed by atoms with van der Waals surface area (Å²) in [5.41, 5.74) is 11.6. The van der Waals surface area contributed by atoms with Gasteiger partial charge in [0.05, 0.1) is 10.2 Å². The van der Waals surface area contributed by atoms with Crippen molar-refractivity contribution in [1.29, 1.82) is 0 Å². The molecule has 0 saturated heterocycles. The van der Waals surface area contributed by atoms with Crippen LogP contribution in [0.15, 0.2) is 132 Å². The summed E-state index contributed by atoms with van der Waals surface area (Å²) in [6.07, 6.45) is 0. The Kier molecular flexibility index (Phi) is 4.36. The van der Waals surface area contributed by atoms with E-state index in [1.165, 1.54) is 70.4 Å². The summed E-state index contributed by atoms with van der Waals surface area (Å²) < 4.78 is 7.83. The van der Waals surface area contributed by atoms with Crippen LogP contribution >= 0.6 is 11.3 Å². The fraction of sp³-hybridized carbons (Fsp3) is 0. The Morgan fingerprint density at radius 1 is 0.500 bits per heavy atom. The molecule has 0 radical (unpaired) electrons. The van der Waals surface area contributed by atoms with Crippen LogP contribution in [-0.2, 0) is 0 Å². The van der Waals surface area contributed by atoms with Gasteiger partial charge in [0, 0.05) is 32.5 Å². The number of benzene rings is 7. The van der Waals surface area contributed by atoms with E-state index in [0.29, 0.717) is 0 Å². The Balaban J connectivity index is 1.15. The molecule has 9 aromatic rings. The summed E-state index contributed by atoms with van der Waals surface area (Å²) in [7, 11) is 0. The van der Waals surface area contributed by atoms with Gasteiger partial charge in [-0.2, -0.15) is 0 Å². The second-order valence-corrected chi connectivity index (χ2v) is 12.1. The summed E-state index contributed by atoms with van der Waals surface area (Å²) in [6, 6.07) is 45.8. The Labute approximate surface area is 245 Å². The average molecular weight is 552 g/mol. The lowest BCUT2D eigenvalue weighted by Crippen LogP contribution is -1.82. The first kappa shape index (κ1) is 22.4. The molecule has 10 rings (SSSR count). The monoisotopic (exact) mass is 551 g/mol. The molecule has 1 aliphatic carbocycles. The number of aromatic nitrogens is 1. The fourth-order valence-electron chi connectivity index (χ4n) is 6.97. The van der Waals surface area contributed by atoms with Crippen molar-refractivity contribution in [2.75, 3.05) is 0 Å². The lowest BCUT2D eigenvalue weighted by atomic mass is 9.95. The highest BCUT2D eigenvalue weighted by molar-refractivity contribution is 7.21. The van der Waals surface area contributed by atoms with E-state index in [2.05, 4.69) is 127 Å². The molecule has 0 aliphatic heterocycles. The van der Waals surface area contributed by atoms with Crippen molar-refractivity contribution < 1.29 is 4.42 Å². The number of fused-ring (bicyclic) bond motifs is 10. The normalized spacial score (nSPS) is 12.3. The van der Waals surface area contributed by atoms with E-state index in [-0.39, 0.29) is 0 Å². The Morgan fingerprint density at radius 3 is 2.12 bits per heavy atom. The maximum Gasteiger partial charge on any atom is 0.143 e. The van der Waals surface area contributed by atoms with Crippen molar-refractivity contribution in [3.8, 4) is 44.0 Å². The van der Waals surface area contributed by atoms with Crippen LogP contribution in [0, 0.1) is 0 Å². The van der Waals surface area contributed by atoms with Gasteiger partial charge in [-0.25, -0.2) is 4.98 Å². The summed E-state index contributed by atoms with van der Waals surface area (Å²) in [5, 5.41) is 8.28. The van der Waals surface area contributed by atoms with Crippen LogP contribution in [0.2, 0.25) is 0 Å². The largest absolute Gasteiger partial charge is 0.455 e. The molecule has 42 heavy (non-hydrogen) atoms. The third-order valence-corrected chi connectivity index (χ3v) is 9.92. The average Bonchev–Trinajstić information content (AvgIpc) is 3.75. The number of hydrogen-bond donors (Lipinski definition) is 0. The van der Waals surface area contributed by atoms with Gasteiger partial charge in [-0.15, -0.1) is 11.3 Å². The van der Waals surface area contributed by atoms with Crippen molar-refractivity contribution in [2.45, 2.75) is 0 Å². The van der Waals surface area contributed by atoms with Crippen LogP contribution in [0.5, 0.6) is 0 Å². The number of furan rings is 1. The summed E-state index contributed by atoms with van der Waals surface area (Å²) in [4.78, 5) is 5.07. The molecule has 3 heteroatoms. The van der Waals surface area contributed by atoms with Gasteiger partial charge in [0.1, 0.15) is 16.2 Å². The zero-order valence-corrected chi connectivity index (χ0v) is 23.2. The molecule has 0 fully saturated rings. The first-order valence-corrected chi connectivity index (χ1v) is 15.0. The highest BCUT2D eigenvalue weighted by Gasteiger charge is 2.25. The molecule has 0 atom stereocenters. The molecule has 2 heterocycles. The number of thiazole rings is 1. The van der Waals surface area contributed by atoms with Crippen molar-refractivity contribution in [3.63, 3.8) is 0 Å². The molecule has 2 nitrogen and oxygen atoms in total. The molecular formula is C39H21NOS. The van der Waals surface area contributed by atoms with Crippen molar-refractivity contribution in [1.82, 2.24) is 4.98 Å². The lowest BCUT2D eigenvalue weighted by Gasteiger charge is -2.06. The number of nitrogens with zero attached hydrogens (tertiary/aromatic N) is 1. The first-order valence-electron chi connectivity index (χ1n) is 14.2. The number of hydrogen-bond acceptors (Lipinski definition) is 3. The molecule has 0 bridgehead atoms. The smallest absolute Gasteiger partial charge is 0.143 e. The lowest BCUT2D eigenvalue weighted by molar-refractivity contribution is 0.673. The minimum absolute atomic E-state index is 0.919. The molecule has 1 aliphatic rings. The van der Waals surface area contributed by atoms with E-state index in [9.17, 15) is 0 Å². The minimum atomic E-state index is 0.919. The highest BCUT2D eigenvalue weighted by Crippen LogP contribution is 2.51. The van der Waals surface area contributed by atoms with Gasteiger partial charge in [-0.1, -0.05) is 109 Å². The van der Waals surface area contributed by atoms with E-state index >= 15 is 0 Å². The summed E-state index contributed by atoms with van der Waals surface area (Å²) >= 11 is 1.75. The summed E-state index contributed by atoms with van der Waals surface area (Å²) in [6.45, 7) is 0. The maximum atomic E-state index is 6.62. The van der Waals surface area contributed by atoms with Crippen molar-refractivity contribution in [2.24, 2.45) is 0 Å². The molecular weight excluding hydrogens is 531 g/mol. The van der Waals surface area contributed by atoms with E-state index in [0.717, 1.165) is 27.3 Å². The van der Waals surface area contributed by atoms with E-state index in [1.54, 1.807) is 11.3 Å². The third kappa shape index (κ3) is 2.95. The van der Waals surface area contributed by atoms with Gasteiger partial charge in [-0.3, -0.25) is 0 Å².